The van der Waals surface area contributed by atoms with Gasteiger partial charge in [0.25, 0.3) is 0 Å². The second-order valence-corrected chi connectivity index (χ2v) is 8.34. The van der Waals surface area contributed by atoms with Crippen molar-refractivity contribution in [2.75, 3.05) is 20.3 Å². The second kappa shape index (κ2) is 10.8. The van der Waals surface area contributed by atoms with E-state index in [1.54, 1.807) is 24.3 Å². The van der Waals surface area contributed by atoms with Crippen molar-refractivity contribution >= 4 is 16.9 Å². The molecule has 0 saturated carbocycles. The number of carbonyl (C=O) groups excluding carboxylic acids is 1. The summed E-state index contributed by atoms with van der Waals surface area (Å²) in [6, 6.07) is 22.9. The molecule has 4 rings (SSSR count). The zero-order valence-corrected chi connectivity index (χ0v) is 19.4. The minimum Gasteiger partial charge on any atom is -0.508 e. The number of aromatic nitrogens is 1. The molecule has 0 saturated heterocycles. The monoisotopic (exact) mass is 459 g/mol. The minimum atomic E-state index is -0.242. The fourth-order valence-electron chi connectivity index (χ4n) is 3.76. The lowest BCUT2D eigenvalue weighted by Crippen LogP contribution is -2.07. The summed E-state index contributed by atoms with van der Waals surface area (Å²) in [4.78, 5) is 14.9. The van der Waals surface area contributed by atoms with E-state index in [9.17, 15) is 9.90 Å². The summed E-state index contributed by atoms with van der Waals surface area (Å²) in [5.74, 6) is 1.77. The quantitative estimate of drug-likeness (QED) is 0.311. The van der Waals surface area contributed by atoms with Gasteiger partial charge in [-0.2, -0.15) is 0 Å². The van der Waals surface area contributed by atoms with E-state index in [1.807, 2.05) is 30.3 Å². The Hall–Kier alpha value is -3.93. The van der Waals surface area contributed by atoms with Gasteiger partial charge in [-0.3, -0.25) is 4.79 Å². The summed E-state index contributed by atoms with van der Waals surface area (Å²) in [5, 5.41) is 10.4. The van der Waals surface area contributed by atoms with Crippen molar-refractivity contribution in [1.29, 1.82) is 0 Å². The molecule has 0 radical (unpaired) electrons. The molecule has 1 aromatic heterocycles. The molecule has 1 unspecified atom stereocenters. The molecule has 0 bridgehead atoms. The number of aromatic hydroxyl groups is 1. The minimum absolute atomic E-state index is 0.221. The van der Waals surface area contributed by atoms with E-state index in [4.69, 9.17) is 14.2 Å². The van der Waals surface area contributed by atoms with Crippen molar-refractivity contribution < 1.29 is 24.1 Å². The lowest BCUT2D eigenvalue weighted by molar-refractivity contribution is -0.139. The molecule has 6 nitrogen and oxygen atoms in total. The number of esters is 1. The van der Waals surface area contributed by atoms with E-state index in [0.717, 1.165) is 40.1 Å². The van der Waals surface area contributed by atoms with E-state index < -0.39 is 0 Å². The van der Waals surface area contributed by atoms with Gasteiger partial charge in [-0.1, -0.05) is 25.1 Å². The summed E-state index contributed by atoms with van der Waals surface area (Å²) < 4.78 is 16.5. The number of ether oxygens (including phenoxy) is 3. The molecule has 0 aliphatic carbocycles. The van der Waals surface area contributed by atoms with Crippen LogP contribution in [0.2, 0.25) is 0 Å². The van der Waals surface area contributed by atoms with Gasteiger partial charge in [-0.25, -0.2) is 0 Å². The van der Waals surface area contributed by atoms with Gasteiger partial charge in [0, 0.05) is 23.5 Å². The fraction of sp³-hybridized carbons (Fsp3) is 0.250. The molecule has 3 aromatic carbocycles. The molecule has 1 atom stereocenters. The Morgan fingerprint density at radius 1 is 0.941 bits per heavy atom. The first-order valence-electron chi connectivity index (χ1n) is 11.3. The summed E-state index contributed by atoms with van der Waals surface area (Å²) in [7, 11) is 1.40. The largest absolute Gasteiger partial charge is 0.508 e. The Labute approximate surface area is 199 Å². The highest BCUT2D eigenvalue weighted by Crippen LogP contribution is 2.23. The van der Waals surface area contributed by atoms with Gasteiger partial charge in [-0.05, 0) is 71.1 Å². The molecule has 0 fully saturated rings. The smallest absolute Gasteiger partial charge is 0.309 e. The average molecular weight is 460 g/mol. The predicted molar refractivity (Wildman–Crippen MR) is 132 cm³/mol. The number of carbonyl (C=O) groups is 1. The van der Waals surface area contributed by atoms with Crippen LogP contribution in [0, 0.1) is 0 Å². The molecular formula is C28H29NO5. The van der Waals surface area contributed by atoms with E-state index in [1.165, 1.54) is 12.7 Å². The topological polar surface area (TPSA) is 80.8 Å². The third-order valence-corrected chi connectivity index (χ3v) is 5.74. The summed E-state index contributed by atoms with van der Waals surface area (Å²) in [5.41, 5.74) is 4.23. The van der Waals surface area contributed by atoms with Crippen LogP contribution >= 0.6 is 0 Å². The van der Waals surface area contributed by atoms with Crippen LogP contribution in [0.1, 0.15) is 29.7 Å². The van der Waals surface area contributed by atoms with Crippen LogP contribution in [0.15, 0.2) is 72.8 Å². The molecular weight excluding hydrogens is 430 g/mol. The number of methoxy groups -OCH3 is 1. The van der Waals surface area contributed by atoms with Crippen LogP contribution < -0.4 is 9.47 Å². The maximum absolute atomic E-state index is 11.5. The molecule has 0 spiro atoms. The van der Waals surface area contributed by atoms with Gasteiger partial charge in [0.05, 0.1) is 26.7 Å². The third kappa shape index (κ3) is 6.10. The zero-order chi connectivity index (χ0) is 23.9. The van der Waals surface area contributed by atoms with Gasteiger partial charge < -0.3 is 24.3 Å². The molecule has 0 aliphatic rings. The highest BCUT2D eigenvalue weighted by atomic mass is 16.5. The number of phenols is 1. The van der Waals surface area contributed by atoms with Crippen molar-refractivity contribution in [3.63, 3.8) is 0 Å². The van der Waals surface area contributed by atoms with Crippen LogP contribution in [-0.2, 0) is 22.4 Å². The van der Waals surface area contributed by atoms with Gasteiger partial charge >= 0.3 is 5.97 Å². The van der Waals surface area contributed by atoms with Crippen LogP contribution in [-0.4, -0.2) is 36.4 Å². The maximum atomic E-state index is 11.5. The van der Waals surface area contributed by atoms with Gasteiger partial charge in [-0.15, -0.1) is 0 Å². The third-order valence-electron chi connectivity index (χ3n) is 5.74. The van der Waals surface area contributed by atoms with E-state index in [0.29, 0.717) is 13.2 Å². The van der Waals surface area contributed by atoms with E-state index in [-0.39, 0.29) is 24.1 Å². The zero-order valence-electron chi connectivity index (χ0n) is 19.4. The van der Waals surface area contributed by atoms with Crippen LogP contribution in [0.4, 0.5) is 0 Å². The first kappa shape index (κ1) is 23.2. The average Bonchev–Trinajstić information content (AvgIpc) is 3.26. The summed E-state index contributed by atoms with van der Waals surface area (Å²) in [6.07, 6.45) is 1.02. The number of H-pyrrole nitrogens is 1. The van der Waals surface area contributed by atoms with Crippen LogP contribution in [0.3, 0.4) is 0 Å². The Morgan fingerprint density at radius 2 is 1.65 bits per heavy atom. The number of fused-ring (bicyclic) bond motifs is 1. The first-order valence-corrected chi connectivity index (χ1v) is 11.3. The Kier molecular flexibility index (Phi) is 7.38. The van der Waals surface area contributed by atoms with Gasteiger partial charge in [0.15, 0.2) is 0 Å². The SMILES string of the molecule is COC(=O)Cc1ccc2[nH]c(CCOc3ccc(C(C)COc4ccc(O)cc4)cc3)cc2c1. The number of aromatic amines is 1. The van der Waals surface area contributed by atoms with Crippen LogP contribution in [0.25, 0.3) is 10.9 Å². The van der Waals surface area contributed by atoms with Crippen molar-refractivity contribution in [3.05, 3.63) is 89.6 Å². The molecule has 0 amide bonds. The highest BCUT2D eigenvalue weighted by Gasteiger charge is 2.09. The lowest BCUT2D eigenvalue weighted by atomic mass is 10.0. The lowest BCUT2D eigenvalue weighted by Gasteiger charge is -2.14. The van der Waals surface area contributed by atoms with Gasteiger partial charge in [0.2, 0.25) is 0 Å². The number of hydrogen-bond donors (Lipinski definition) is 2. The summed E-state index contributed by atoms with van der Waals surface area (Å²) in [6.45, 7) is 3.22. The highest BCUT2D eigenvalue weighted by molar-refractivity contribution is 5.82. The molecule has 0 aliphatic heterocycles. The van der Waals surface area contributed by atoms with Crippen molar-refractivity contribution in [2.24, 2.45) is 0 Å². The normalized spacial score (nSPS) is 11.8. The standard InChI is InChI=1S/C28H29NO5/c1-19(18-34-26-10-6-24(30)7-11-26)21-4-8-25(9-5-21)33-14-13-23-17-22-15-20(16-28(31)32-2)3-12-27(22)29-23/h3-12,15,17,19,29-30H,13-14,16,18H2,1-2H3. The summed E-state index contributed by atoms with van der Waals surface area (Å²) >= 11 is 0. The molecule has 1 heterocycles. The number of phenolic OH excluding ortho intramolecular Hbond substituents is 1. The molecule has 2 N–H and O–H groups in total. The molecule has 6 heteroatoms. The van der Waals surface area contributed by atoms with Crippen LogP contribution in [0.5, 0.6) is 17.2 Å². The van der Waals surface area contributed by atoms with Gasteiger partial charge in [0.1, 0.15) is 17.2 Å². The fourth-order valence-corrected chi connectivity index (χ4v) is 3.76. The Bertz CT molecular complexity index is 1230. The van der Waals surface area contributed by atoms with Crippen molar-refractivity contribution in [2.45, 2.75) is 25.7 Å². The van der Waals surface area contributed by atoms with E-state index >= 15 is 0 Å². The van der Waals surface area contributed by atoms with Crippen molar-refractivity contribution in [1.82, 2.24) is 4.98 Å². The Morgan fingerprint density at radius 3 is 2.38 bits per heavy atom. The van der Waals surface area contributed by atoms with Crippen molar-refractivity contribution in [3.8, 4) is 17.2 Å². The number of benzene rings is 3. The molecule has 4 aromatic rings. The van der Waals surface area contributed by atoms with E-state index in [2.05, 4.69) is 30.1 Å². The Balaban J connectivity index is 1.26. The molecule has 176 valence electrons. The molecule has 34 heavy (non-hydrogen) atoms. The predicted octanol–water partition coefficient (Wildman–Crippen LogP) is 5.39. The number of nitrogens with one attached hydrogen (secondary N) is 1. The number of hydrogen-bond acceptors (Lipinski definition) is 5. The first-order chi connectivity index (χ1) is 16.5. The second-order valence-electron chi connectivity index (χ2n) is 8.34. The maximum Gasteiger partial charge on any atom is 0.309 e. The number of rotatable bonds is 10.